The Bertz CT molecular complexity index is 1200. The fourth-order valence-electron chi connectivity index (χ4n) is 3.49. The van der Waals surface area contributed by atoms with Crippen LogP contribution in [0.5, 0.6) is 0 Å². The molecule has 2 aromatic carbocycles. The molecule has 1 aliphatic rings. The van der Waals surface area contributed by atoms with E-state index in [-0.39, 0.29) is 23.4 Å². The van der Waals surface area contributed by atoms with Gasteiger partial charge in [0.25, 0.3) is 17.4 Å². The van der Waals surface area contributed by atoms with Crippen LogP contribution in [0, 0.1) is 15.9 Å². The van der Waals surface area contributed by atoms with Crippen molar-refractivity contribution in [2.45, 2.75) is 12.6 Å². The first-order chi connectivity index (χ1) is 14.9. The van der Waals surface area contributed by atoms with E-state index < -0.39 is 34.2 Å². The molecule has 1 aliphatic heterocycles. The summed E-state index contributed by atoms with van der Waals surface area (Å²) in [6, 6.07) is 13.4. The predicted octanol–water partition coefficient (Wildman–Crippen LogP) is 4.42. The second kappa shape index (κ2) is 8.11. The zero-order chi connectivity index (χ0) is 22.1. The Kier molecular flexibility index (Phi) is 5.35. The number of carbonyl (C=O) groups excluding carboxylic acids is 2. The van der Waals surface area contributed by atoms with Gasteiger partial charge < -0.3 is 10.0 Å². The molecule has 4 rings (SSSR count). The minimum absolute atomic E-state index is 0.0269. The van der Waals surface area contributed by atoms with Crippen molar-refractivity contribution in [1.82, 2.24) is 4.90 Å². The van der Waals surface area contributed by atoms with E-state index >= 15 is 0 Å². The zero-order valence-corrected chi connectivity index (χ0v) is 16.7. The molecule has 1 N–H and O–H groups in total. The van der Waals surface area contributed by atoms with E-state index in [1.54, 1.807) is 17.5 Å². The van der Waals surface area contributed by atoms with Gasteiger partial charge in [0.05, 0.1) is 16.5 Å². The molecule has 7 nitrogen and oxygen atoms in total. The van der Waals surface area contributed by atoms with Gasteiger partial charge in [-0.1, -0.05) is 30.3 Å². The summed E-state index contributed by atoms with van der Waals surface area (Å²) in [4.78, 5) is 38.2. The standard InChI is InChI=1S/C22H15FN2O5S/c23-15-8-6-13(7-9-15)12-24-19(17-5-2-10-31-17)18(21(27)22(24)28)20(26)14-3-1-4-16(11-14)25(29)30/h1-11,19,26H,12H2/b20-18-. The highest BCUT2D eigenvalue weighted by Crippen LogP contribution is 2.42. The van der Waals surface area contributed by atoms with Gasteiger partial charge in [0.1, 0.15) is 11.6 Å². The number of rotatable bonds is 5. The van der Waals surface area contributed by atoms with Crippen LogP contribution in [0.3, 0.4) is 0 Å². The number of carbonyl (C=O) groups is 2. The number of benzene rings is 2. The molecule has 0 saturated carbocycles. The number of aliphatic hydroxyl groups is 1. The Hall–Kier alpha value is -3.85. The lowest BCUT2D eigenvalue weighted by molar-refractivity contribution is -0.384. The Morgan fingerprint density at radius 2 is 1.87 bits per heavy atom. The molecule has 156 valence electrons. The fraction of sp³-hybridized carbons (Fsp3) is 0.0909. The van der Waals surface area contributed by atoms with Crippen LogP contribution in [0.1, 0.15) is 22.0 Å². The van der Waals surface area contributed by atoms with Crippen molar-refractivity contribution in [3.8, 4) is 0 Å². The molecule has 1 fully saturated rings. The van der Waals surface area contributed by atoms with Gasteiger partial charge in [-0.05, 0) is 29.1 Å². The summed E-state index contributed by atoms with van der Waals surface area (Å²) >= 11 is 1.31. The molecule has 31 heavy (non-hydrogen) atoms. The van der Waals surface area contributed by atoms with E-state index in [4.69, 9.17) is 0 Å². The predicted molar refractivity (Wildman–Crippen MR) is 112 cm³/mol. The summed E-state index contributed by atoms with van der Waals surface area (Å²) in [5, 5.41) is 23.8. The maximum Gasteiger partial charge on any atom is 0.295 e. The van der Waals surface area contributed by atoms with Gasteiger partial charge in [0.2, 0.25) is 0 Å². The number of non-ortho nitro benzene ring substituents is 1. The summed E-state index contributed by atoms with van der Waals surface area (Å²) in [6.45, 7) is 0.0269. The van der Waals surface area contributed by atoms with Crippen LogP contribution in [0.25, 0.3) is 5.76 Å². The van der Waals surface area contributed by atoms with Crippen LogP contribution in [0.4, 0.5) is 10.1 Å². The van der Waals surface area contributed by atoms with Crippen molar-refractivity contribution < 1.29 is 24.0 Å². The number of ketones is 1. The lowest BCUT2D eigenvalue weighted by Crippen LogP contribution is -2.28. The third-order valence-electron chi connectivity index (χ3n) is 4.95. The smallest absolute Gasteiger partial charge is 0.295 e. The first kappa shape index (κ1) is 20.4. The van der Waals surface area contributed by atoms with E-state index in [1.165, 1.54) is 58.7 Å². The number of halogens is 1. The summed E-state index contributed by atoms with van der Waals surface area (Å²) in [7, 11) is 0. The summed E-state index contributed by atoms with van der Waals surface area (Å²) in [5.41, 5.74) is 0.281. The van der Waals surface area contributed by atoms with Gasteiger partial charge in [-0.15, -0.1) is 11.3 Å². The van der Waals surface area contributed by atoms with E-state index in [0.29, 0.717) is 10.4 Å². The van der Waals surface area contributed by atoms with Crippen LogP contribution in [-0.4, -0.2) is 26.6 Å². The second-order valence-corrected chi connectivity index (χ2v) is 7.86. The molecular weight excluding hydrogens is 423 g/mol. The van der Waals surface area contributed by atoms with Gasteiger partial charge in [-0.25, -0.2) is 4.39 Å². The van der Waals surface area contributed by atoms with E-state index in [1.807, 2.05) is 0 Å². The minimum Gasteiger partial charge on any atom is -0.507 e. The number of aliphatic hydroxyl groups excluding tert-OH is 1. The van der Waals surface area contributed by atoms with Crippen LogP contribution >= 0.6 is 11.3 Å². The topological polar surface area (TPSA) is 101 Å². The first-order valence-corrected chi connectivity index (χ1v) is 10.1. The van der Waals surface area contributed by atoms with Gasteiger partial charge in [0.15, 0.2) is 0 Å². The second-order valence-electron chi connectivity index (χ2n) is 6.88. The largest absolute Gasteiger partial charge is 0.507 e. The number of Topliss-reactive ketones (excluding diaryl/α,β-unsaturated/α-hetero) is 1. The number of nitrogens with zero attached hydrogens (tertiary/aromatic N) is 2. The normalized spacial score (nSPS) is 17.8. The third kappa shape index (κ3) is 3.82. The number of hydrogen-bond acceptors (Lipinski definition) is 6. The molecule has 1 atom stereocenters. The monoisotopic (exact) mass is 438 g/mol. The van der Waals surface area contributed by atoms with Crippen molar-refractivity contribution in [1.29, 1.82) is 0 Å². The van der Waals surface area contributed by atoms with E-state index in [2.05, 4.69) is 0 Å². The molecule has 3 aromatic rings. The molecule has 0 aliphatic carbocycles. The van der Waals surface area contributed by atoms with Crippen LogP contribution in [0.15, 0.2) is 71.6 Å². The molecule has 9 heteroatoms. The molecule has 0 spiro atoms. The maximum atomic E-state index is 13.3. The number of hydrogen-bond donors (Lipinski definition) is 1. The SMILES string of the molecule is O=C1C(=O)N(Cc2ccc(F)cc2)C(c2cccs2)/C1=C(/O)c1cccc([N+](=O)[O-])c1. The minimum atomic E-state index is -0.885. The lowest BCUT2D eigenvalue weighted by Gasteiger charge is -2.24. The number of likely N-dealkylation sites (tertiary alicyclic amines) is 1. The Morgan fingerprint density at radius 1 is 1.13 bits per heavy atom. The van der Waals surface area contributed by atoms with Crippen molar-refractivity contribution in [2.75, 3.05) is 0 Å². The molecular formula is C22H15FN2O5S. The van der Waals surface area contributed by atoms with Crippen molar-refractivity contribution in [3.63, 3.8) is 0 Å². The number of nitro groups is 1. The first-order valence-electron chi connectivity index (χ1n) is 9.18. The van der Waals surface area contributed by atoms with Crippen LogP contribution in [-0.2, 0) is 16.1 Å². The zero-order valence-electron chi connectivity index (χ0n) is 15.9. The van der Waals surface area contributed by atoms with Crippen molar-refractivity contribution in [2.24, 2.45) is 0 Å². The molecule has 1 amide bonds. The Balaban J connectivity index is 1.83. The van der Waals surface area contributed by atoms with Crippen molar-refractivity contribution >= 4 is 34.5 Å². The highest BCUT2D eigenvalue weighted by molar-refractivity contribution is 7.10. The van der Waals surface area contributed by atoms with E-state index in [0.717, 1.165) is 6.07 Å². The molecule has 1 saturated heterocycles. The lowest BCUT2D eigenvalue weighted by atomic mass is 9.99. The van der Waals surface area contributed by atoms with Crippen LogP contribution < -0.4 is 0 Å². The quantitative estimate of drug-likeness (QED) is 0.209. The molecule has 0 bridgehead atoms. The molecule has 1 aromatic heterocycles. The van der Waals surface area contributed by atoms with Gasteiger partial charge >= 0.3 is 0 Å². The highest BCUT2D eigenvalue weighted by Gasteiger charge is 2.46. The summed E-state index contributed by atoms with van der Waals surface area (Å²) in [5.74, 6) is -2.60. The average Bonchev–Trinajstić information content (AvgIpc) is 3.37. The third-order valence-corrected chi connectivity index (χ3v) is 5.87. The molecule has 0 radical (unpaired) electrons. The number of thiophene rings is 1. The average molecular weight is 438 g/mol. The van der Waals surface area contributed by atoms with Crippen molar-refractivity contribution in [3.05, 3.63) is 104 Å². The van der Waals surface area contributed by atoms with Crippen LogP contribution in [0.2, 0.25) is 0 Å². The Labute approximate surface area is 179 Å². The van der Waals surface area contributed by atoms with Gasteiger partial charge in [-0.3, -0.25) is 19.7 Å². The van der Waals surface area contributed by atoms with Gasteiger partial charge in [-0.2, -0.15) is 0 Å². The fourth-order valence-corrected chi connectivity index (χ4v) is 4.34. The molecule has 2 heterocycles. The highest BCUT2D eigenvalue weighted by atomic mass is 32.1. The summed E-state index contributed by atoms with van der Waals surface area (Å²) in [6.07, 6.45) is 0. The van der Waals surface area contributed by atoms with E-state index in [9.17, 15) is 29.2 Å². The maximum absolute atomic E-state index is 13.3. The number of nitro benzene ring substituents is 1. The summed E-state index contributed by atoms with van der Waals surface area (Å²) < 4.78 is 13.3. The van der Waals surface area contributed by atoms with Gasteiger partial charge in [0, 0.05) is 29.1 Å². The molecule has 1 unspecified atom stereocenters. The number of amides is 1. The Morgan fingerprint density at radius 3 is 2.52 bits per heavy atom.